The fourth-order valence-corrected chi connectivity index (χ4v) is 4.16. The number of hydrogen-bond donors (Lipinski definition) is 1. The molecule has 30 heavy (non-hydrogen) atoms. The number of para-hydroxylation sites is 1. The number of amides is 1. The van der Waals surface area contributed by atoms with E-state index in [-0.39, 0.29) is 22.8 Å². The third-order valence-electron chi connectivity index (χ3n) is 5.76. The number of rotatable bonds is 3. The monoisotopic (exact) mass is 400 g/mol. The fourth-order valence-electron chi connectivity index (χ4n) is 4.16. The van der Waals surface area contributed by atoms with Crippen LogP contribution in [0.25, 0.3) is 5.69 Å². The van der Waals surface area contributed by atoms with E-state index in [4.69, 9.17) is 5.10 Å². The van der Waals surface area contributed by atoms with E-state index in [1.165, 1.54) is 29.5 Å². The molecular weight excluding hydrogens is 376 g/mol. The first-order valence-electron chi connectivity index (χ1n) is 10.1. The number of benzene rings is 2. The molecule has 6 heteroatoms. The predicted octanol–water partition coefficient (Wildman–Crippen LogP) is 4.09. The van der Waals surface area contributed by atoms with Crippen molar-refractivity contribution < 1.29 is 9.90 Å². The van der Waals surface area contributed by atoms with Gasteiger partial charge in [0.25, 0.3) is 5.91 Å². The molecule has 3 aromatic rings. The summed E-state index contributed by atoms with van der Waals surface area (Å²) in [7, 11) is 0. The molecule has 1 aromatic heterocycles. The number of phenolic OH excluding ortho intramolecular Hbond substituents is 1. The lowest BCUT2D eigenvalue weighted by Crippen LogP contribution is -2.38. The summed E-state index contributed by atoms with van der Waals surface area (Å²) in [5, 5.41) is 23.8. The molecule has 1 amide bonds. The van der Waals surface area contributed by atoms with Crippen LogP contribution in [-0.4, -0.2) is 38.8 Å². The number of nitriles is 1. The Hall–Kier alpha value is -3.59. The molecule has 2 aromatic carbocycles. The lowest BCUT2D eigenvalue weighted by Gasteiger charge is -2.32. The van der Waals surface area contributed by atoms with E-state index >= 15 is 0 Å². The quantitative estimate of drug-likeness (QED) is 0.718. The van der Waals surface area contributed by atoms with Crippen LogP contribution in [0.5, 0.6) is 5.75 Å². The molecule has 1 N–H and O–H groups in total. The van der Waals surface area contributed by atoms with Crippen LogP contribution in [0.4, 0.5) is 0 Å². The zero-order valence-corrected chi connectivity index (χ0v) is 17.2. The molecule has 0 aliphatic carbocycles. The molecule has 0 atom stereocenters. The summed E-state index contributed by atoms with van der Waals surface area (Å²) in [5.41, 5.74) is 4.94. The van der Waals surface area contributed by atoms with Crippen LogP contribution in [0.3, 0.4) is 0 Å². The number of aryl methyl sites for hydroxylation is 2. The van der Waals surface area contributed by atoms with E-state index < -0.39 is 0 Å². The van der Waals surface area contributed by atoms with E-state index in [9.17, 15) is 15.2 Å². The largest absolute Gasteiger partial charge is 0.508 e. The van der Waals surface area contributed by atoms with Crippen LogP contribution in [-0.2, 0) is 0 Å². The van der Waals surface area contributed by atoms with Crippen LogP contribution in [0.1, 0.15) is 51.6 Å². The van der Waals surface area contributed by atoms with Gasteiger partial charge >= 0.3 is 0 Å². The van der Waals surface area contributed by atoms with Crippen LogP contribution in [0.15, 0.2) is 48.5 Å². The molecule has 0 spiro atoms. The highest BCUT2D eigenvalue weighted by Crippen LogP contribution is 2.32. The van der Waals surface area contributed by atoms with Crippen molar-refractivity contribution in [2.45, 2.75) is 32.6 Å². The van der Waals surface area contributed by atoms with Crippen molar-refractivity contribution in [3.05, 3.63) is 76.6 Å². The minimum atomic E-state index is -0.204. The SMILES string of the molecule is Cc1cc(C2CCN(C(=O)c3cc(O)ccc3C#N)CC2)n(-c2ccccc2C)n1. The van der Waals surface area contributed by atoms with Gasteiger partial charge in [0, 0.05) is 24.7 Å². The van der Waals surface area contributed by atoms with Gasteiger partial charge in [0.2, 0.25) is 0 Å². The smallest absolute Gasteiger partial charge is 0.255 e. The summed E-state index contributed by atoms with van der Waals surface area (Å²) < 4.78 is 2.04. The summed E-state index contributed by atoms with van der Waals surface area (Å²) in [6.07, 6.45) is 1.65. The van der Waals surface area contributed by atoms with Crippen molar-refractivity contribution >= 4 is 5.91 Å². The van der Waals surface area contributed by atoms with Crippen LogP contribution >= 0.6 is 0 Å². The van der Waals surface area contributed by atoms with Crippen LogP contribution in [0.2, 0.25) is 0 Å². The van der Waals surface area contributed by atoms with Gasteiger partial charge in [-0.25, -0.2) is 4.68 Å². The van der Waals surface area contributed by atoms with Gasteiger partial charge in [0.15, 0.2) is 0 Å². The standard InChI is InChI=1S/C24H24N4O2/c1-16-5-3-4-6-22(16)28-23(13-17(2)26-28)18-9-11-27(12-10-18)24(30)21-14-20(29)8-7-19(21)15-25/h3-8,13-14,18,29H,9-12H2,1-2H3. The van der Waals surface area contributed by atoms with Crippen LogP contribution in [0, 0.1) is 25.2 Å². The van der Waals surface area contributed by atoms with E-state index in [1.54, 1.807) is 4.90 Å². The summed E-state index contributed by atoms with van der Waals surface area (Å²) in [5.74, 6) is 0.0869. The number of phenols is 1. The molecule has 1 aliphatic rings. The molecule has 152 valence electrons. The zero-order valence-electron chi connectivity index (χ0n) is 17.2. The van der Waals surface area contributed by atoms with E-state index in [1.807, 2.05) is 29.8 Å². The lowest BCUT2D eigenvalue weighted by molar-refractivity contribution is 0.0711. The highest BCUT2D eigenvalue weighted by Gasteiger charge is 2.28. The molecule has 0 radical (unpaired) electrons. The average Bonchev–Trinajstić information content (AvgIpc) is 3.15. The number of carbonyl (C=O) groups excluding carboxylic acids is 1. The number of likely N-dealkylation sites (tertiary alicyclic amines) is 1. The first-order chi connectivity index (χ1) is 14.5. The Morgan fingerprint density at radius 1 is 1.13 bits per heavy atom. The van der Waals surface area contributed by atoms with Crippen molar-refractivity contribution in [2.24, 2.45) is 0 Å². The molecule has 4 rings (SSSR count). The summed E-state index contributed by atoms with van der Waals surface area (Å²) in [4.78, 5) is 14.7. The van der Waals surface area contributed by atoms with E-state index in [0.29, 0.717) is 19.0 Å². The van der Waals surface area contributed by atoms with E-state index in [2.05, 4.69) is 25.1 Å². The minimum Gasteiger partial charge on any atom is -0.508 e. The molecule has 1 fully saturated rings. The molecule has 1 saturated heterocycles. The number of nitrogens with zero attached hydrogens (tertiary/aromatic N) is 4. The number of hydrogen-bond acceptors (Lipinski definition) is 4. The first kappa shape index (κ1) is 19.7. The normalized spacial score (nSPS) is 14.5. The maximum Gasteiger partial charge on any atom is 0.255 e. The summed E-state index contributed by atoms with van der Waals surface area (Å²) in [6, 6.07) is 16.7. The minimum absolute atomic E-state index is 0.00940. The molecule has 2 heterocycles. The van der Waals surface area contributed by atoms with Crippen LogP contribution < -0.4 is 0 Å². The zero-order chi connectivity index (χ0) is 21.3. The van der Waals surface area contributed by atoms with Crippen molar-refractivity contribution in [3.63, 3.8) is 0 Å². The Morgan fingerprint density at radius 2 is 1.87 bits per heavy atom. The van der Waals surface area contributed by atoms with E-state index in [0.717, 1.165) is 24.2 Å². The predicted molar refractivity (Wildman–Crippen MR) is 114 cm³/mol. The molecule has 0 saturated carbocycles. The van der Waals surface area contributed by atoms with Gasteiger partial charge in [-0.05, 0) is 62.6 Å². The second kappa shape index (κ2) is 8.03. The number of aromatic hydroxyl groups is 1. The summed E-state index contributed by atoms with van der Waals surface area (Å²) >= 11 is 0. The molecule has 0 bridgehead atoms. The van der Waals surface area contributed by atoms with Crippen molar-refractivity contribution in [1.82, 2.24) is 14.7 Å². The lowest BCUT2D eigenvalue weighted by atomic mass is 9.92. The van der Waals surface area contributed by atoms with Gasteiger partial charge < -0.3 is 10.0 Å². The molecule has 1 aliphatic heterocycles. The third-order valence-corrected chi connectivity index (χ3v) is 5.76. The number of piperidine rings is 1. The fraction of sp³-hybridized carbons (Fsp3) is 0.292. The Morgan fingerprint density at radius 3 is 2.57 bits per heavy atom. The topological polar surface area (TPSA) is 82.2 Å². The Balaban J connectivity index is 1.54. The second-order valence-electron chi connectivity index (χ2n) is 7.82. The highest BCUT2D eigenvalue weighted by molar-refractivity contribution is 5.97. The number of carbonyl (C=O) groups is 1. The highest BCUT2D eigenvalue weighted by atomic mass is 16.3. The van der Waals surface area contributed by atoms with Gasteiger partial charge in [-0.3, -0.25) is 4.79 Å². The van der Waals surface area contributed by atoms with Crippen molar-refractivity contribution in [2.75, 3.05) is 13.1 Å². The maximum absolute atomic E-state index is 13.0. The van der Waals surface area contributed by atoms with Gasteiger partial charge in [0.1, 0.15) is 5.75 Å². The Labute approximate surface area is 176 Å². The Kier molecular flexibility index (Phi) is 5.28. The first-order valence-corrected chi connectivity index (χ1v) is 10.1. The molecular formula is C24H24N4O2. The van der Waals surface area contributed by atoms with Crippen molar-refractivity contribution in [1.29, 1.82) is 5.26 Å². The average molecular weight is 400 g/mol. The Bertz CT molecular complexity index is 1130. The van der Waals surface area contributed by atoms with Crippen molar-refractivity contribution in [3.8, 4) is 17.5 Å². The second-order valence-corrected chi connectivity index (χ2v) is 7.82. The number of aromatic nitrogens is 2. The summed E-state index contributed by atoms with van der Waals surface area (Å²) in [6.45, 7) is 5.28. The van der Waals surface area contributed by atoms with Gasteiger partial charge in [-0.2, -0.15) is 10.4 Å². The third kappa shape index (κ3) is 3.67. The van der Waals surface area contributed by atoms with Gasteiger partial charge in [-0.1, -0.05) is 18.2 Å². The molecule has 6 nitrogen and oxygen atoms in total. The van der Waals surface area contributed by atoms with Gasteiger partial charge in [-0.15, -0.1) is 0 Å². The van der Waals surface area contributed by atoms with Gasteiger partial charge in [0.05, 0.1) is 28.6 Å². The molecule has 0 unspecified atom stereocenters. The maximum atomic E-state index is 13.0.